The Hall–Kier alpha value is -1.85. The van der Waals surface area contributed by atoms with Crippen LogP contribution in [0.3, 0.4) is 0 Å². The number of hydrogen-bond donors (Lipinski definition) is 0. The van der Waals surface area contributed by atoms with Gasteiger partial charge in [-0.25, -0.2) is 0 Å². The third-order valence-electron chi connectivity index (χ3n) is 6.28. The molecule has 0 radical (unpaired) electrons. The number of hydrogen-bond acceptors (Lipinski definition) is 4. The lowest BCUT2D eigenvalue weighted by atomic mass is 9.75. The predicted octanol–water partition coefficient (Wildman–Crippen LogP) is 4.02. The molecular formula is C21H20BrNO3. The Bertz CT molecular complexity index is 897. The molecule has 0 N–H and O–H groups in total. The summed E-state index contributed by atoms with van der Waals surface area (Å²) >= 11 is 3.62. The van der Waals surface area contributed by atoms with Gasteiger partial charge >= 0.3 is 0 Å². The lowest BCUT2D eigenvalue weighted by molar-refractivity contribution is -0.148. The first-order chi connectivity index (χ1) is 12.5. The molecule has 0 spiro atoms. The van der Waals surface area contributed by atoms with E-state index in [0.29, 0.717) is 6.42 Å². The third kappa shape index (κ3) is 2.01. The number of anilines is 1. The van der Waals surface area contributed by atoms with Crippen LogP contribution in [0.2, 0.25) is 0 Å². The maximum absolute atomic E-state index is 12.7. The number of Topliss-reactive ketones (excluding diaryl/α,β-unsaturated/α-hetero) is 1. The van der Waals surface area contributed by atoms with Crippen LogP contribution in [0.5, 0.6) is 5.75 Å². The average Bonchev–Trinajstić information content (AvgIpc) is 3.11. The normalized spacial score (nSPS) is 31.7. The summed E-state index contributed by atoms with van der Waals surface area (Å²) in [7, 11) is 3.75. The number of carbonyl (C=O) groups excluding carboxylic acids is 1. The minimum Gasteiger partial charge on any atom is -0.497 e. The van der Waals surface area contributed by atoms with E-state index in [1.807, 2.05) is 12.1 Å². The minimum absolute atomic E-state index is 0.0522. The summed E-state index contributed by atoms with van der Waals surface area (Å²) in [6.07, 6.45) is 0.920. The molecule has 3 aliphatic heterocycles. The molecule has 2 fully saturated rings. The molecule has 0 unspecified atom stereocenters. The molecule has 0 saturated carbocycles. The van der Waals surface area contributed by atoms with Gasteiger partial charge in [0.25, 0.3) is 0 Å². The van der Waals surface area contributed by atoms with Crippen molar-refractivity contribution in [1.29, 1.82) is 0 Å². The first kappa shape index (κ1) is 16.3. The molecule has 0 aromatic heterocycles. The van der Waals surface area contributed by atoms with Crippen LogP contribution in [0.15, 0.2) is 46.9 Å². The highest BCUT2D eigenvalue weighted by Crippen LogP contribution is 2.61. The number of benzene rings is 2. The van der Waals surface area contributed by atoms with Crippen LogP contribution in [0, 0.1) is 0 Å². The largest absolute Gasteiger partial charge is 0.497 e. The van der Waals surface area contributed by atoms with Crippen LogP contribution in [-0.2, 0) is 15.1 Å². The van der Waals surface area contributed by atoms with Crippen LogP contribution in [-0.4, -0.2) is 32.1 Å². The van der Waals surface area contributed by atoms with Crippen LogP contribution in [0.1, 0.15) is 29.9 Å². The second kappa shape index (κ2) is 5.57. The topological polar surface area (TPSA) is 38.8 Å². The Morgan fingerprint density at radius 2 is 2.00 bits per heavy atom. The number of ketones is 1. The van der Waals surface area contributed by atoms with Crippen molar-refractivity contribution in [2.45, 2.75) is 36.5 Å². The van der Waals surface area contributed by atoms with E-state index in [1.54, 1.807) is 7.11 Å². The Morgan fingerprint density at radius 3 is 2.73 bits per heavy atom. The lowest BCUT2D eigenvalue weighted by Gasteiger charge is -2.37. The number of halogens is 1. The van der Waals surface area contributed by atoms with E-state index in [1.165, 1.54) is 11.3 Å². The first-order valence-corrected chi connectivity index (χ1v) is 9.72. The van der Waals surface area contributed by atoms with Crippen molar-refractivity contribution in [2.75, 3.05) is 19.1 Å². The Labute approximate surface area is 161 Å². The molecule has 3 aliphatic rings. The quantitative estimate of drug-likeness (QED) is 0.745. The van der Waals surface area contributed by atoms with Gasteiger partial charge < -0.3 is 14.4 Å². The van der Waals surface area contributed by atoms with E-state index in [0.717, 1.165) is 22.2 Å². The zero-order valence-electron chi connectivity index (χ0n) is 14.7. The maximum atomic E-state index is 12.7. The fourth-order valence-corrected chi connectivity index (χ4v) is 5.50. The molecule has 134 valence electrons. The number of carbonyl (C=O) groups is 1. The SMILES string of the molecule is COc1ccc([C@]23CCC(=O)[C@H](O2)[C@H]2[C@@H]3c3cc(Br)ccc3N2C)cc1. The molecule has 0 aliphatic carbocycles. The third-order valence-corrected chi connectivity index (χ3v) is 6.78. The molecule has 2 aromatic rings. The van der Waals surface area contributed by atoms with Crippen molar-refractivity contribution in [1.82, 2.24) is 0 Å². The smallest absolute Gasteiger partial charge is 0.163 e. The van der Waals surface area contributed by atoms with Crippen molar-refractivity contribution < 1.29 is 14.3 Å². The molecule has 5 rings (SSSR count). The fourth-order valence-electron chi connectivity index (χ4n) is 5.13. The van der Waals surface area contributed by atoms with E-state index in [2.05, 4.69) is 58.2 Å². The summed E-state index contributed by atoms with van der Waals surface area (Å²) in [5.74, 6) is 1.19. The highest BCUT2D eigenvalue weighted by molar-refractivity contribution is 9.10. The molecule has 4 atom stereocenters. The van der Waals surface area contributed by atoms with Gasteiger partial charge in [-0.3, -0.25) is 4.79 Å². The van der Waals surface area contributed by atoms with E-state index in [9.17, 15) is 4.79 Å². The number of likely N-dealkylation sites (N-methyl/N-ethyl adjacent to an activating group) is 1. The average molecular weight is 414 g/mol. The summed E-state index contributed by atoms with van der Waals surface area (Å²) in [5.41, 5.74) is 3.13. The molecule has 26 heavy (non-hydrogen) atoms. The molecule has 2 saturated heterocycles. The molecule has 5 heteroatoms. The summed E-state index contributed by atoms with van der Waals surface area (Å²) < 4.78 is 12.9. The van der Waals surface area contributed by atoms with Crippen molar-refractivity contribution in [3.63, 3.8) is 0 Å². The second-order valence-electron chi connectivity index (χ2n) is 7.41. The standard InChI is InChI=1S/C21H20BrNO3/c1-23-16-8-5-13(22)11-15(16)18-19(23)20-17(24)9-10-21(18,26-20)12-3-6-14(25-2)7-4-12/h3-8,11,18-20H,9-10H2,1-2H3/t18-,19+,20-,21-/m0/s1. The van der Waals surface area contributed by atoms with Crippen LogP contribution < -0.4 is 9.64 Å². The number of rotatable bonds is 2. The van der Waals surface area contributed by atoms with E-state index < -0.39 is 5.60 Å². The number of fused-ring (bicyclic) bond motifs is 7. The Balaban J connectivity index is 1.70. The van der Waals surface area contributed by atoms with E-state index in [4.69, 9.17) is 9.47 Å². The molecular weight excluding hydrogens is 394 g/mol. The van der Waals surface area contributed by atoms with Gasteiger partial charge in [-0.15, -0.1) is 0 Å². The van der Waals surface area contributed by atoms with Gasteiger partial charge in [-0.05, 0) is 47.9 Å². The van der Waals surface area contributed by atoms with Gasteiger partial charge in [-0.1, -0.05) is 28.1 Å². The van der Waals surface area contributed by atoms with E-state index in [-0.39, 0.29) is 23.8 Å². The van der Waals surface area contributed by atoms with Crippen molar-refractivity contribution in [2.24, 2.45) is 0 Å². The van der Waals surface area contributed by atoms with Gasteiger partial charge in [0.15, 0.2) is 5.78 Å². The van der Waals surface area contributed by atoms with Gasteiger partial charge in [0.1, 0.15) is 17.5 Å². The summed E-state index contributed by atoms with van der Waals surface area (Å²) in [4.78, 5) is 14.9. The summed E-state index contributed by atoms with van der Waals surface area (Å²) in [6.45, 7) is 0. The summed E-state index contributed by atoms with van der Waals surface area (Å²) in [5, 5.41) is 0. The van der Waals surface area contributed by atoms with Crippen LogP contribution in [0.4, 0.5) is 5.69 Å². The van der Waals surface area contributed by atoms with Crippen LogP contribution in [0.25, 0.3) is 0 Å². The predicted molar refractivity (Wildman–Crippen MR) is 103 cm³/mol. The monoisotopic (exact) mass is 413 g/mol. The first-order valence-electron chi connectivity index (χ1n) is 8.92. The fraction of sp³-hybridized carbons (Fsp3) is 0.381. The molecule has 2 aromatic carbocycles. The second-order valence-corrected chi connectivity index (χ2v) is 8.32. The molecule has 0 amide bonds. The lowest BCUT2D eigenvalue weighted by Crippen LogP contribution is -2.42. The van der Waals surface area contributed by atoms with Gasteiger partial charge in [0.2, 0.25) is 0 Å². The van der Waals surface area contributed by atoms with Crippen molar-refractivity contribution >= 4 is 27.4 Å². The van der Waals surface area contributed by atoms with Crippen molar-refractivity contribution in [3.8, 4) is 5.75 Å². The van der Waals surface area contributed by atoms with Gasteiger partial charge in [-0.2, -0.15) is 0 Å². The Kier molecular flexibility index (Phi) is 3.50. The molecule has 2 bridgehead atoms. The molecule has 4 nitrogen and oxygen atoms in total. The number of methoxy groups -OCH3 is 1. The van der Waals surface area contributed by atoms with Crippen LogP contribution >= 0.6 is 15.9 Å². The highest BCUT2D eigenvalue weighted by Gasteiger charge is 2.64. The van der Waals surface area contributed by atoms with E-state index >= 15 is 0 Å². The zero-order chi connectivity index (χ0) is 18.1. The van der Waals surface area contributed by atoms with Gasteiger partial charge in [0, 0.05) is 29.5 Å². The summed E-state index contributed by atoms with van der Waals surface area (Å²) in [6, 6.07) is 14.6. The molecule has 3 heterocycles. The van der Waals surface area contributed by atoms with Gasteiger partial charge in [0.05, 0.1) is 13.2 Å². The minimum atomic E-state index is -0.462. The Morgan fingerprint density at radius 1 is 1.23 bits per heavy atom. The number of nitrogens with zero attached hydrogens (tertiary/aromatic N) is 1. The van der Waals surface area contributed by atoms with Crippen molar-refractivity contribution in [3.05, 3.63) is 58.1 Å². The zero-order valence-corrected chi connectivity index (χ0v) is 16.3. The highest BCUT2D eigenvalue weighted by atomic mass is 79.9. The maximum Gasteiger partial charge on any atom is 0.163 e. The number of ether oxygens (including phenoxy) is 2.